The highest BCUT2D eigenvalue weighted by atomic mass is 16.7. The van der Waals surface area contributed by atoms with Crippen LogP contribution in [0.1, 0.15) is 51.8 Å². The quantitative estimate of drug-likeness (QED) is 0.117. The molecule has 5 aromatic carbocycles. The zero-order valence-electron chi connectivity index (χ0n) is 27.5. The summed E-state index contributed by atoms with van der Waals surface area (Å²) in [6.07, 6.45) is -8.07. The molecular weight excluding hydrogens is 668 g/mol. The lowest BCUT2D eigenvalue weighted by Gasteiger charge is -2.43. The van der Waals surface area contributed by atoms with Gasteiger partial charge >= 0.3 is 29.8 Å². The predicted octanol–water partition coefficient (Wildman–Crippen LogP) is 6.10. The van der Waals surface area contributed by atoms with Crippen molar-refractivity contribution in [3.63, 3.8) is 0 Å². The molecule has 5 atom stereocenters. The number of ether oxygens (including phenoxy) is 6. The molecule has 0 bridgehead atoms. The largest absolute Gasteiger partial charge is 0.459 e. The van der Waals surface area contributed by atoms with Gasteiger partial charge in [-0.1, -0.05) is 91.0 Å². The van der Waals surface area contributed by atoms with Crippen LogP contribution in [-0.2, 0) is 28.4 Å². The van der Waals surface area contributed by atoms with Gasteiger partial charge in [-0.05, 0) is 60.7 Å². The number of rotatable bonds is 11. The lowest BCUT2D eigenvalue weighted by Crippen LogP contribution is -2.63. The molecule has 0 aliphatic carbocycles. The highest BCUT2D eigenvalue weighted by Gasteiger charge is 2.54. The number of esters is 5. The summed E-state index contributed by atoms with van der Waals surface area (Å²) in [5, 5.41) is 0. The van der Waals surface area contributed by atoms with Gasteiger partial charge in [0.1, 0.15) is 12.7 Å². The van der Waals surface area contributed by atoms with Crippen molar-refractivity contribution in [2.45, 2.75) is 30.7 Å². The van der Waals surface area contributed by atoms with E-state index in [1.165, 1.54) is 48.5 Å². The Bertz CT molecular complexity index is 1970. The number of carbonyl (C=O) groups excluding carboxylic acids is 5. The Balaban J connectivity index is 1.41. The molecule has 0 unspecified atom stereocenters. The van der Waals surface area contributed by atoms with Gasteiger partial charge in [-0.15, -0.1) is 0 Å². The van der Waals surface area contributed by atoms with E-state index in [4.69, 9.17) is 28.4 Å². The van der Waals surface area contributed by atoms with Crippen LogP contribution in [0.4, 0.5) is 0 Å². The lowest BCUT2D eigenvalue weighted by molar-refractivity contribution is -0.282. The van der Waals surface area contributed by atoms with Crippen molar-refractivity contribution in [1.82, 2.24) is 0 Å². The van der Waals surface area contributed by atoms with Gasteiger partial charge in [0.15, 0.2) is 12.2 Å². The minimum absolute atomic E-state index is 0.125. The molecule has 262 valence electrons. The maximum atomic E-state index is 13.7. The van der Waals surface area contributed by atoms with Crippen molar-refractivity contribution in [2.75, 3.05) is 6.61 Å². The predicted molar refractivity (Wildman–Crippen MR) is 184 cm³/mol. The number of carbonyl (C=O) groups is 5. The van der Waals surface area contributed by atoms with E-state index in [1.54, 1.807) is 103 Å². The van der Waals surface area contributed by atoms with Gasteiger partial charge in [0.05, 0.1) is 27.8 Å². The Labute approximate surface area is 298 Å². The smallest absolute Gasteiger partial charge is 0.340 e. The fourth-order valence-corrected chi connectivity index (χ4v) is 5.37. The summed E-state index contributed by atoms with van der Waals surface area (Å²) in [5.41, 5.74) is 0.762. The molecule has 1 heterocycles. The Morgan fingerprint density at radius 1 is 0.385 bits per heavy atom. The molecule has 0 amide bonds. The van der Waals surface area contributed by atoms with E-state index in [9.17, 15) is 24.0 Å². The number of benzene rings is 5. The van der Waals surface area contributed by atoms with Crippen molar-refractivity contribution < 1.29 is 52.4 Å². The van der Waals surface area contributed by atoms with Gasteiger partial charge in [0.2, 0.25) is 12.4 Å². The van der Waals surface area contributed by atoms with Crippen LogP contribution < -0.4 is 0 Å². The van der Waals surface area contributed by atoms with E-state index < -0.39 is 67.2 Å². The second-order valence-electron chi connectivity index (χ2n) is 11.5. The molecular formula is C41H32O11. The standard InChI is InChI=1S/C41H32O11/c42-36(27-16-6-1-7-17-27)47-26-32-33(49-37(43)28-18-8-2-9-19-28)34(50-38(44)29-20-10-3-11-21-29)35(51-39(45)30-22-12-4-13-23-30)41(48-32)52-40(46)31-24-14-5-15-25-31/h1-25,32-35,41H,26H2/t32-,33+,34+,35-,41-/m1/s1. The molecule has 0 N–H and O–H groups in total. The molecule has 1 fully saturated rings. The molecule has 0 spiro atoms. The molecule has 11 heteroatoms. The first-order valence-corrected chi connectivity index (χ1v) is 16.3. The Hall–Kier alpha value is -6.59. The first kappa shape index (κ1) is 35.2. The summed E-state index contributed by atoms with van der Waals surface area (Å²) in [5.74, 6) is -4.19. The summed E-state index contributed by atoms with van der Waals surface area (Å²) < 4.78 is 35.5. The maximum absolute atomic E-state index is 13.7. The van der Waals surface area contributed by atoms with Crippen molar-refractivity contribution in [3.8, 4) is 0 Å². The summed E-state index contributed by atoms with van der Waals surface area (Å²) in [7, 11) is 0. The average Bonchev–Trinajstić information content (AvgIpc) is 3.20. The van der Waals surface area contributed by atoms with E-state index in [0.717, 1.165) is 0 Å². The van der Waals surface area contributed by atoms with Crippen molar-refractivity contribution in [3.05, 3.63) is 179 Å². The molecule has 0 saturated carbocycles. The van der Waals surface area contributed by atoms with E-state index in [2.05, 4.69) is 0 Å². The molecule has 52 heavy (non-hydrogen) atoms. The SMILES string of the molecule is O=C(OC[C@H]1O[C@H](OC(=O)c2ccccc2)[C@H](OC(=O)c2ccccc2)[C@@H](OC(=O)c2ccccc2)[C@H]1OC(=O)c1ccccc1)c1ccccc1. The second-order valence-corrected chi connectivity index (χ2v) is 11.5. The lowest BCUT2D eigenvalue weighted by atomic mass is 9.97. The zero-order chi connectivity index (χ0) is 36.3. The third-order valence-corrected chi connectivity index (χ3v) is 7.97. The summed E-state index contributed by atoms with van der Waals surface area (Å²) >= 11 is 0. The molecule has 1 aliphatic rings. The third kappa shape index (κ3) is 8.76. The number of hydrogen-bond donors (Lipinski definition) is 0. The maximum Gasteiger partial charge on any atom is 0.340 e. The first-order valence-electron chi connectivity index (χ1n) is 16.3. The van der Waals surface area contributed by atoms with Crippen LogP contribution >= 0.6 is 0 Å². The topological polar surface area (TPSA) is 141 Å². The van der Waals surface area contributed by atoms with Crippen LogP contribution in [-0.4, -0.2) is 67.2 Å². The van der Waals surface area contributed by atoms with E-state index in [0.29, 0.717) is 0 Å². The van der Waals surface area contributed by atoms with Crippen molar-refractivity contribution in [2.24, 2.45) is 0 Å². The van der Waals surface area contributed by atoms with Crippen LogP contribution in [0, 0.1) is 0 Å². The molecule has 6 rings (SSSR count). The van der Waals surface area contributed by atoms with Gasteiger partial charge in [0.25, 0.3) is 0 Å². The van der Waals surface area contributed by atoms with Crippen LogP contribution in [0.5, 0.6) is 0 Å². The Kier molecular flexibility index (Phi) is 11.4. The normalized spacial score (nSPS) is 19.3. The minimum Gasteiger partial charge on any atom is -0.459 e. The molecule has 1 saturated heterocycles. The first-order chi connectivity index (χ1) is 25.4. The third-order valence-electron chi connectivity index (χ3n) is 7.97. The van der Waals surface area contributed by atoms with E-state index >= 15 is 0 Å². The van der Waals surface area contributed by atoms with Crippen LogP contribution in [0.15, 0.2) is 152 Å². The van der Waals surface area contributed by atoms with Gasteiger partial charge in [-0.25, -0.2) is 24.0 Å². The fourth-order valence-electron chi connectivity index (χ4n) is 5.37. The van der Waals surface area contributed by atoms with Crippen LogP contribution in [0.2, 0.25) is 0 Å². The zero-order valence-corrected chi connectivity index (χ0v) is 27.5. The summed E-state index contributed by atoms with van der Waals surface area (Å²) in [4.78, 5) is 67.4. The summed E-state index contributed by atoms with van der Waals surface area (Å²) in [6.45, 7) is -0.557. The molecule has 1 aliphatic heterocycles. The second kappa shape index (κ2) is 16.9. The highest BCUT2D eigenvalue weighted by molar-refractivity contribution is 5.92. The molecule has 5 aromatic rings. The fraction of sp³-hybridized carbons (Fsp3) is 0.146. The summed E-state index contributed by atoms with van der Waals surface area (Å²) in [6, 6.07) is 40.0. The van der Waals surface area contributed by atoms with Crippen LogP contribution in [0.25, 0.3) is 0 Å². The van der Waals surface area contributed by atoms with Gasteiger partial charge in [-0.3, -0.25) is 0 Å². The average molecular weight is 701 g/mol. The molecule has 11 nitrogen and oxygen atoms in total. The van der Waals surface area contributed by atoms with Crippen molar-refractivity contribution in [1.29, 1.82) is 0 Å². The van der Waals surface area contributed by atoms with Crippen molar-refractivity contribution >= 4 is 29.8 Å². The molecule has 0 aromatic heterocycles. The Morgan fingerprint density at radius 2 is 0.692 bits per heavy atom. The van der Waals surface area contributed by atoms with E-state index in [-0.39, 0.29) is 27.8 Å². The van der Waals surface area contributed by atoms with E-state index in [1.807, 2.05) is 0 Å². The van der Waals surface area contributed by atoms with Gasteiger partial charge in [0, 0.05) is 0 Å². The molecule has 0 radical (unpaired) electrons. The monoisotopic (exact) mass is 700 g/mol. The van der Waals surface area contributed by atoms with Gasteiger partial charge < -0.3 is 28.4 Å². The van der Waals surface area contributed by atoms with Crippen LogP contribution in [0.3, 0.4) is 0 Å². The Morgan fingerprint density at radius 3 is 1.08 bits per heavy atom. The van der Waals surface area contributed by atoms with Gasteiger partial charge in [-0.2, -0.15) is 0 Å². The number of hydrogen-bond acceptors (Lipinski definition) is 11. The highest BCUT2D eigenvalue weighted by Crippen LogP contribution is 2.32. The minimum atomic E-state index is -1.75.